The number of carboxylic acids is 1. The Morgan fingerprint density at radius 1 is 1.31 bits per heavy atom. The number of hydrogen-bond acceptors (Lipinski definition) is 4. The van der Waals surface area contributed by atoms with Gasteiger partial charge in [-0.3, -0.25) is 4.79 Å². The van der Waals surface area contributed by atoms with Crippen molar-refractivity contribution >= 4 is 11.9 Å². The third kappa shape index (κ3) is 8.81. The van der Waals surface area contributed by atoms with Crippen LogP contribution in [0.3, 0.4) is 0 Å². The molecule has 0 radical (unpaired) electrons. The number of carbonyl (C=O) groups is 2. The molecule has 0 saturated carbocycles. The highest BCUT2D eigenvalue weighted by Gasteiger charge is 2.00. The molecule has 0 aromatic carbocycles. The van der Waals surface area contributed by atoms with Crippen molar-refractivity contribution in [2.75, 3.05) is 20.3 Å². The molecule has 5 nitrogen and oxygen atoms in total. The lowest BCUT2D eigenvalue weighted by molar-refractivity contribution is -0.143. The van der Waals surface area contributed by atoms with Gasteiger partial charge in [0, 0.05) is 13.0 Å². The van der Waals surface area contributed by atoms with Crippen LogP contribution >= 0.6 is 0 Å². The van der Waals surface area contributed by atoms with Gasteiger partial charge in [0.15, 0.2) is 0 Å². The van der Waals surface area contributed by atoms with E-state index in [4.69, 9.17) is 9.84 Å². The summed E-state index contributed by atoms with van der Waals surface area (Å²) in [5.74, 6) is -1.23. The molecule has 0 bridgehead atoms. The van der Waals surface area contributed by atoms with E-state index in [1.807, 2.05) is 0 Å². The number of esters is 1. The second-order valence-electron chi connectivity index (χ2n) is 2.48. The molecule has 0 fully saturated rings. The van der Waals surface area contributed by atoms with E-state index in [-0.39, 0.29) is 12.6 Å². The topological polar surface area (TPSA) is 72.8 Å². The Morgan fingerprint density at radius 2 is 2.00 bits per heavy atom. The van der Waals surface area contributed by atoms with Crippen molar-refractivity contribution in [1.29, 1.82) is 0 Å². The highest BCUT2D eigenvalue weighted by molar-refractivity contribution is 5.69. The minimum Gasteiger partial charge on any atom is -0.480 e. The molecule has 0 rings (SSSR count). The van der Waals surface area contributed by atoms with Gasteiger partial charge in [-0.05, 0) is 12.8 Å². The summed E-state index contributed by atoms with van der Waals surface area (Å²) in [6.45, 7) is 0.0848. The van der Waals surface area contributed by atoms with Gasteiger partial charge in [-0.2, -0.15) is 0 Å². The highest BCUT2D eigenvalue weighted by Crippen LogP contribution is 1.97. The summed E-state index contributed by atoms with van der Waals surface area (Å²) >= 11 is 0. The lowest BCUT2D eigenvalue weighted by Gasteiger charge is -2.00. The number of unbranched alkanes of at least 4 members (excludes halogenated alkanes) is 1. The van der Waals surface area contributed by atoms with Gasteiger partial charge in [0.2, 0.25) is 0 Å². The maximum absolute atomic E-state index is 10.6. The zero-order chi connectivity index (χ0) is 10.1. The summed E-state index contributed by atoms with van der Waals surface area (Å²) in [5.41, 5.74) is 0. The quantitative estimate of drug-likeness (QED) is 0.465. The van der Waals surface area contributed by atoms with Crippen molar-refractivity contribution in [3.05, 3.63) is 0 Å². The molecule has 0 spiro atoms. The number of hydrogen-bond donors (Lipinski definition) is 1. The van der Waals surface area contributed by atoms with Crippen molar-refractivity contribution in [3.8, 4) is 0 Å². The molecular formula is C8H14O5. The van der Waals surface area contributed by atoms with E-state index in [0.717, 1.165) is 0 Å². The van der Waals surface area contributed by atoms with Crippen LogP contribution in [0.15, 0.2) is 0 Å². The second kappa shape index (κ2) is 7.54. The zero-order valence-corrected chi connectivity index (χ0v) is 7.62. The fourth-order valence-electron chi connectivity index (χ4n) is 0.735. The fourth-order valence-corrected chi connectivity index (χ4v) is 0.735. The van der Waals surface area contributed by atoms with Crippen LogP contribution < -0.4 is 0 Å². The molecule has 76 valence electrons. The van der Waals surface area contributed by atoms with Crippen LogP contribution in [-0.2, 0) is 19.1 Å². The molecule has 0 aliphatic heterocycles. The molecule has 0 amide bonds. The third-order valence-corrected chi connectivity index (χ3v) is 1.37. The third-order valence-electron chi connectivity index (χ3n) is 1.37. The Labute approximate surface area is 76.6 Å². The maximum Gasteiger partial charge on any atom is 0.329 e. The Hall–Kier alpha value is -1.10. The number of aliphatic carboxylic acids is 1. The summed E-state index contributed by atoms with van der Waals surface area (Å²) in [7, 11) is 1.34. The smallest absolute Gasteiger partial charge is 0.329 e. The molecule has 0 saturated heterocycles. The van der Waals surface area contributed by atoms with Gasteiger partial charge in [-0.15, -0.1) is 0 Å². The van der Waals surface area contributed by atoms with E-state index in [0.29, 0.717) is 25.9 Å². The number of rotatable bonds is 7. The van der Waals surface area contributed by atoms with Gasteiger partial charge >= 0.3 is 11.9 Å². The first-order valence-electron chi connectivity index (χ1n) is 4.03. The average Bonchev–Trinajstić information content (AvgIpc) is 2.10. The first-order chi connectivity index (χ1) is 6.16. The number of ether oxygens (including phenoxy) is 2. The van der Waals surface area contributed by atoms with E-state index >= 15 is 0 Å². The van der Waals surface area contributed by atoms with Gasteiger partial charge in [0.25, 0.3) is 0 Å². The maximum atomic E-state index is 10.6. The van der Waals surface area contributed by atoms with Gasteiger partial charge in [-0.25, -0.2) is 4.79 Å². The van der Waals surface area contributed by atoms with Crippen molar-refractivity contribution in [2.24, 2.45) is 0 Å². The van der Waals surface area contributed by atoms with Gasteiger partial charge in [0.05, 0.1) is 7.11 Å². The first kappa shape index (κ1) is 11.9. The van der Waals surface area contributed by atoms with Crippen LogP contribution in [0.1, 0.15) is 19.3 Å². The van der Waals surface area contributed by atoms with Gasteiger partial charge < -0.3 is 14.6 Å². The first-order valence-corrected chi connectivity index (χ1v) is 4.03. The molecule has 0 aliphatic carbocycles. The van der Waals surface area contributed by atoms with Gasteiger partial charge in [-0.1, -0.05) is 0 Å². The van der Waals surface area contributed by atoms with Crippen LogP contribution in [0, 0.1) is 0 Å². The Bertz CT molecular complexity index is 166. The Morgan fingerprint density at radius 3 is 2.54 bits per heavy atom. The predicted molar refractivity (Wildman–Crippen MR) is 44.3 cm³/mol. The monoisotopic (exact) mass is 190 g/mol. The molecule has 0 aliphatic rings. The van der Waals surface area contributed by atoms with Crippen LogP contribution in [0.5, 0.6) is 0 Å². The van der Waals surface area contributed by atoms with E-state index < -0.39 is 5.97 Å². The molecular weight excluding hydrogens is 176 g/mol. The average molecular weight is 190 g/mol. The summed E-state index contributed by atoms with van der Waals surface area (Å²) in [4.78, 5) is 20.6. The Balaban J connectivity index is 3.08. The summed E-state index contributed by atoms with van der Waals surface area (Å²) < 4.78 is 9.18. The van der Waals surface area contributed by atoms with Crippen LogP contribution in [-0.4, -0.2) is 37.4 Å². The number of carbonyl (C=O) groups excluding carboxylic acids is 1. The lowest BCUT2D eigenvalue weighted by atomic mass is 10.2. The highest BCUT2D eigenvalue weighted by atomic mass is 16.5. The van der Waals surface area contributed by atoms with E-state index in [9.17, 15) is 9.59 Å². The van der Waals surface area contributed by atoms with Crippen molar-refractivity contribution in [1.82, 2.24) is 0 Å². The molecule has 0 unspecified atom stereocenters. The molecule has 0 atom stereocenters. The molecule has 1 N–H and O–H groups in total. The Kier molecular flexibility index (Phi) is 6.91. The summed E-state index contributed by atoms with van der Waals surface area (Å²) in [5, 5.41) is 8.20. The zero-order valence-electron chi connectivity index (χ0n) is 7.62. The number of methoxy groups -OCH3 is 1. The molecule has 0 aromatic heterocycles. The molecule has 13 heavy (non-hydrogen) atoms. The minimum atomic E-state index is -0.979. The number of carboxylic acid groups (broad SMARTS) is 1. The van der Waals surface area contributed by atoms with Crippen LogP contribution in [0.4, 0.5) is 0 Å². The van der Waals surface area contributed by atoms with E-state index in [2.05, 4.69) is 4.74 Å². The van der Waals surface area contributed by atoms with Gasteiger partial charge in [0.1, 0.15) is 6.61 Å². The second-order valence-corrected chi connectivity index (χ2v) is 2.48. The molecule has 5 heteroatoms. The van der Waals surface area contributed by atoms with Crippen LogP contribution in [0.25, 0.3) is 0 Å². The van der Waals surface area contributed by atoms with Crippen molar-refractivity contribution < 1.29 is 24.2 Å². The van der Waals surface area contributed by atoms with E-state index in [1.54, 1.807) is 0 Å². The van der Waals surface area contributed by atoms with Crippen molar-refractivity contribution in [3.63, 3.8) is 0 Å². The predicted octanol–water partition coefficient (Wildman–Crippen LogP) is 0.431. The SMILES string of the molecule is COC(=O)CCCCOCC(=O)O. The molecule has 0 aromatic rings. The largest absolute Gasteiger partial charge is 0.480 e. The van der Waals surface area contributed by atoms with Crippen molar-refractivity contribution in [2.45, 2.75) is 19.3 Å². The standard InChI is InChI=1S/C8H14O5/c1-12-8(11)4-2-3-5-13-6-7(9)10/h2-6H2,1H3,(H,9,10). The normalized spacial score (nSPS) is 9.62. The fraction of sp³-hybridized carbons (Fsp3) is 0.750. The minimum absolute atomic E-state index is 0.252. The summed E-state index contributed by atoms with van der Waals surface area (Å²) in [6.07, 6.45) is 1.68. The molecule has 0 heterocycles. The summed E-state index contributed by atoms with van der Waals surface area (Å²) in [6, 6.07) is 0. The van der Waals surface area contributed by atoms with E-state index in [1.165, 1.54) is 7.11 Å². The lowest BCUT2D eigenvalue weighted by Crippen LogP contribution is -2.08. The van der Waals surface area contributed by atoms with Crippen LogP contribution in [0.2, 0.25) is 0 Å².